The first-order valence-electron chi connectivity index (χ1n) is 11.7. The fourth-order valence-corrected chi connectivity index (χ4v) is 5.18. The Morgan fingerprint density at radius 3 is 2.76 bits per heavy atom. The molecule has 1 saturated heterocycles. The number of carbonyl (C=O) groups is 2. The number of nitrogens with zero attached hydrogens (tertiary/aromatic N) is 4. The minimum absolute atomic E-state index is 0.0134. The molecule has 3 aliphatic rings. The maximum atomic E-state index is 12.9. The van der Waals surface area contributed by atoms with Crippen molar-refractivity contribution >= 4 is 28.9 Å². The van der Waals surface area contributed by atoms with Crippen LogP contribution in [0.4, 0.5) is 17.1 Å². The van der Waals surface area contributed by atoms with Gasteiger partial charge in [-0.05, 0) is 68.1 Å². The molecule has 1 atom stereocenters. The van der Waals surface area contributed by atoms with E-state index < -0.39 is 0 Å². The minimum atomic E-state index is -0.209. The molecular formula is C25H26N6O2. The average molecular weight is 443 g/mol. The first-order valence-corrected chi connectivity index (χ1v) is 11.7. The summed E-state index contributed by atoms with van der Waals surface area (Å²) in [4.78, 5) is 27.4. The normalized spacial score (nSPS) is 19.2. The van der Waals surface area contributed by atoms with Gasteiger partial charge in [0.05, 0.1) is 11.4 Å². The summed E-state index contributed by atoms with van der Waals surface area (Å²) in [6, 6.07) is 13.1. The number of hydrogen-bond donors (Lipinski definition) is 2. The number of rotatable bonds is 3. The van der Waals surface area contributed by atoms with Crippen LogP contribution in [-0.4, -0.2) is 39.2 Å². The third-order valence-electron chi connectivity index (χ3n) is 6.89. The van der Waals surface area contributed by atoms with Crippen molar-refractivity contribution in [3.63, 3.8) is 0 Å². The molecule has 4 heterocycles. The van der Waals surface area contributed by atoms with Gasteiger partial charge >= 0.3 is 0 Å². The van der Waals surface area contributed by atoms with Gasteiger partial charge in [-0.2, -0.15) is 0 Å². The van der Waals surface area contributed by atoms with Crippen molar-refractivity contribution < 1.29 is 9.59 Å². The van der Waals surface area contributed by atoms with Gasteiger partial charge in [-0.15, -0.1) is 10.2 Å². The first-order chi connectivity index (χ1) is 16.2. The van der Waals surface area contributed by atoms with Crippen molar-refractivity contribution in [3.8, 4) is 11.4 Å². The Morgan fingerprint density at radius 1 is 1.00 bits per heavy atom. The van der Waals surface area contributed by atoms with E-state index in [9.17, 15) is 9.59 Å². The van der Waals surface area contributed by atoms with Gasteiger partial charge in [-0.3, -0.25) is 9.59 Å². The van der Waals surface area contributed by atoms with Gasteiger partial charge in [0.25, 0.3) is 5.91 Å². The number of aromatic nitrogens is 3. The summed E-state index contributed by atoms with van der Waals surface area (Å²) in [6.45, 7) is 1.82. The predicted octanol–water partition coefficient (Wildman–Crippen LogP) is 3.84. The molecule has 0 aliphatic carbocycles. The third kappa shape index (κ3) is 3.55. The standard InChI is InChI=1S/C25H26N6O2/c32-24(17-9-12-20-19(15-17)27-25(33)21-5-4-14-30(20)21)26-18-10-7-16(8-11-18)23-29-28-22-6-2-1-3-13-31(22)23/h7-12,15,21H,1-6,13-14H2,(H,26,32)(H,27,33)/t21-/m1/s1. The van der Waals surface area contributed by atoms with Crippen molar-refractivity contribution in [2.75, 3.05) is 22.1 Å². The van der Waals surface area contributed by atoms with Gasteiger partial charge < -0.3 is 20.1 Å². The number of hydrogen-bond acceptors (Lipinski definition) is 5. The molecule has 0 spiro atoms. The highest BCUT2D eigenvalue weighted by Crippen LogP contribution is 2.37. The van der Waals surface area contributed by atoms with E-state index in [1.807, 2.05) is 36.4 Å². The Morgan fingerprint density at radius 2 is 1.88 bits per heavy atom. The number of nitrogens with one attached hydrogen (secondary N) is 2. The van der Waals surface area contributed by atoms with Crippen LogP contribution in [0.5, 0.6) is 0 Å². The lowest BCUT2D eigenvalue weighted by Crippen LogP contribution is -2.43. The predicted molar refractivity (Wildman–Crippen MR) is 126 cm³/mol. The van der Waals surface area contributed by atoms with Crippen LogP contribution in [0.2, 0.25) is 0 Å². The van der Waals surface area contributed by atoms with Gasteiger partial charge in [0, 0.05) is 36.3 Å². The molecule has 2 aromatic carbocycles. The van der Waals surface area contributed by atoms with Gasteiger partial charge in [-0.25, -0.2) is 0 Å². The van der Waals surface area contributed by atoms with E-state index >= 15 is 0 Å². The molecule has 3 aromatic rings. The van der Waals surface area contributed by atoms with Crippen molar-refractivity contribution in [1.82, 2.24) is 14.8 Å². The lowest BCUT2D eigenvalue weighted by atomic mass is 10.1. The molecule has 3 aliphatic heterocycles. The van der Waals surface area contributed by atoms with Gasteiger partial charge in [0.15, 0.2) is 5.82 Å². The van der Waals surface area contributed by atoms with E-state index in [4.69, 9.17) is 0 Å². The number of fused-ring (bicyclic) bond motifs is 4. The van der Waals surface area contributed by atoms with Crippen LogP contribution < -0.4 is 15.5 Å². The van der Waals surface area contributed by atoms with E-state index in [-0.39, 0.29) is 17.9 Å². The summed E-state index contributed by atoms with van der Waals surface area (Å²) in [5, 5.41) is 14.7. The molecule has 168 valence electrons. The fourth-order valence-electron chi connectivity index (χ4n) is 5.18. The van der Waals surface area contributed by atoms with Crippen LogP contribution in [0.1, 0.15) is 48.3 Å². The lowest BCUT2D eigenvalue weighted by molar-refractivity contribution is -0.117. The van der Waals surface area contributed by atoms with Crippen LogP contribution in [0, 0.1) is 0 Å². The summed E-state index contributed by atoms with van der Waals surface area (Å²) in [5.74, 6) is 1.74. The van der Waals surface area contributed by atoms with E-state index in [1.54, 1.807) is 6.07 Å². The second-order valence-electron chi connectivity index (χ2n) is 9.01. The molecule has 0 saturated carbocycles. The maximum Gasteiger partial charge on any atom is 0.255 e. The molecule has 33 heavy (non-hydrogen) atoms. The maximum absolute atomic E-state index is 12.9. The summed E-state index contributed by atoms with van der Waals surface area (Å²) in [5.41, 5.74) is 3.91. The first kappa shape index (κ1) is 20.0. The topological polar surface area (TPSA) is 92.1 Å². The fraction of sp³-hybridized carbons (Fsp3) is 0.360. The van der Waals surface area contributed by atoms with Crippen molar-refractivity contribution in [2.24, 2.45) is 0 Å². The highest BCUT2D eigenvalue weighted by Gasteiger charge is 2.36. The molecule has 0 radical (unpaired) electrons. The molecule has 0 unspecified atom stereocenters. The average Bonchev–Trinajstić information content (AvgIpc) is 3.42. The van der Waals surface area contributed by atoms with Gasteiger partial charge in [0.2, 0.25) is 5.91 Å². The van der Waals surface area contributed by atoms with Crippen molar-refractivity contribution in [2.45, 2.75) is 51.1 Å². The zero-order chi connectivity index (χ0) is 22.4. The quantitative estimate of drug-likeness (QED) is 0.643. The lowest BCUT2D eigenvalue weighted by Gasteiger charge is -2.33. The number of aryl methyl sites for hydroxylation is 1. The van der Waals surface area contributed by atoms with E-state index in [1.165, 1.54) is 6.42 Å². The van der Waals surface area contributed by atoms with E-state index in [2.05, 4.69) is 30.3 Å². The monoisotopic (exact) mass is 442 g/mol. The van der Waals surface area contributed by atoms with Crippen LogP contribution in [0.15, 0.2) is 42.5 Å². The molecular weight excluding hydrogens is 416 g/mol. The van der Waals surface area contributed by atoms with E-state index in [0.717, 1.165) is 68.1 Å². The van der Waals surface area contributed by atoms with E-state index in [0.29, 0.717) is 16.9 Å². The van der Waals surface area contributed by atoms with Crippen molar-refractivity contribution in [3.05, 3.63) is 53.9 Å². The second kappa shape index (κ2) is 8.03. The summed E-state index contributed by atoms with van der Waals surface area (Å²) in [7, 11) is 0. The van der Waals surface area contributed by atoms with Crippen LogP contribution in [-0.2, 0) is 17.8 Å². The molecule has 1 aromatic heterocycles. The molecule has 2 N–H and O–H groups in total. The number of amides is 2. The highest BCUT2D eigenvalue weighted by atomic mass is 16.2. The number of anilines is 3. The zero-order valence-electron chi connectivity index (χ0n) is 18.4. The minimum Gasteiger partial charge on any atom is -0.358 e. The summed E-state index contributed by atoms with van der Waals surface area (Å²) < 4.78 is 2.22. The van der Waals surface area contributed by atoms with Gasteiger partial charge in [0.1, 0.15) is 11.9 Å². The van der Waals surface area contributed by atoms with Crippen LogP contribution in [0.25, 0.3) is 11.4 Å². The SMILES string of the molecule is O=C(Nc1ccc(-c2nnc3n2CCCCC3)cc1)c1ccc2c(c1)NC(=O)[C@H]1CCCN21. The molecule has 8 nitrogen and oxygen atoms in total. The summed E-state index contributed by atoms with van der Waals surface area (Å²) in [6.07, 6.45) is 6.38. The van der Waals surface area contributed by atoms with Gasteiger partial charge in [-0.1, -0.05) is 6.42 Å². The second-order valence-corrected chi connectivity index (χ2v) is 9.01. The molecule has 2 amide bonds. The van der Waals surface area contributed by atoms with Crippen LogP contribution in [0.3, 0.4) is 0 Å². The van der Waals surface area contributed by atoms with Crippen molar-refractivity contribution in [1.29, 1.82) is 0 Å². The Labute approximate surface area is 192 Å². The molecule has 8 heteroatoms. The smallest absolute Gasteiger partial charge is 0.255 e. The molecule has 1 fully saturated rings. The third-order valence-corrected chi connectivity index (χ3v) is 6.89. The largest absolute Gasteiger partial charge is 0.358 e. The highest BCUT2D eigenvalue weighted by molar-refractivity contribution is 6.09. The number of carbonyl (C=O) groups excluding carboxylic acids is 2. The molecule has 0 bridgehead atoms. The Kier molecular flexibility index (Phi) is 4.86. The Hall–Kier alpha value is -3.68. The Bertz CT molecular complexity index is 1230. The Balaban J connectivity index is 1.19. The zero-order valence-corrected chi connectivity index (χ0v) is 18.4. The number of benzene rings is 2. The summed E-state index contributed by atoms with van der Waals surface area (Å²) >= 11 is 0. The van der Waals surface area contributed by atoms with Crippen LogP contribution >= 0.6 is 0 Å². The molecule has 6 rings (SSSR count).